The van der Waals surface area contributed by atoms with E-state index in [1.165, 1.54) is 6.42 Å². The van der Waals surface area contributed by atoms with Crippen LogP contribution in [0, 0.1) is 11.8 Å². The van der Waals surface area contributed by atoms with E-state index in [4.69, 9.17) is 4.52 Å². The fourth-order valence-corrected chi connectivity index (χ4v) is 4.77. The minimum Gasteiger partial charge on any atom is -0.353 e. The Kier molecular flexibility index (Phi) is 6.68. The lowest BCUT2D eigenvalue weighted by atomic mass is 10.0. The molecular weight excluding hydrogens is 392 g/mol. The molecule has 2 fully saturated rings. The van der Waals surface area contributed by atoms with Crippen LogP contribution in [0.4, 0.5) is 0 Å². The molecule has 1 aromatic carbocycles. The number of nitrogens with one attached hydrogen (secondary N) is 1. The molecule has 166 valence electrons. The van der Waals surface area contributed by atoms with Crippen molar-refractivity contribution >= 4 is 11.8 Å². The smallest absolute Gasteiger partial charge is 0.232 e. The topological polar surface area (TPSA) is 88.3 Å². The third kappa shape index (κ3) is 5.14. The molecule has 1 aromatic heterocycles. The standard InChI is InChI=1S/C24H32N4O3/c1-16(2)13-21(29)25-20-15-18(24(30)28-11-7-4-8-12-28)14-19(20)23-26-22(27-31-23)17-9-5-3-6-10-17/h3,5-6,9-10,16,18-20H,4,7-8,11-15H2,1-2H3,(H,25,29)/t18-,19-,20+/m0/s1. The van der Waals surface area contributed by atoms with Gasteiger partial charge in [0.1, 0.15) is 0 Å². The highest BCUT2D eigenvalue weighted by Crippen LogP contribution is 2.40. The van der Waals surface area contributed by atoms with Crippen LogP contribution in [-0.2, 0) is 9.59 Å². The number of amides is 2. The molecule has 0 radical (unpaired) electrons. The maximum Gasteiger partial charge on any atom is 0.232 e. The second kappa shape index (κ2) is 9.62. The minimum atomic E-state index is -0.172. The Morgan fingerprint density at radius 2 is 1.87 bits per heavy atom. The number of likely N-dealkylation sites (tertiary alicyclic amines) is 1. The summed E-state index contributed by atoms with van der Waals surface area (Å²) >= 11 is 0. The van der Waals surface area contributed by atoms with Gasteiger partial charge in [-0.2, -0.15) is 4.98 Å². The molecule has 0 bridgehead atoms. The first kappa shape index (κ1) is 21.5. The summed E-state index contributed by atoms with van der Waals surface area (Å²) in [4.78, 5) is 32.3. The number of hydrogen-bond acceptors (Lipinski definition) is 5. The van der Waals surface area contributed by atoms with Crippen LogP contribution in [0.3, 0.4) is 0 Å². The molecule has 31 heavy (non-hydrogen) atoms. The number of nitrogens with zero attached hydrogens (tertiary/aromatic N) is 3. The largest absolute Gasteiger partial charge is 0.353 e. The van der Waals surface area contributed by atoms with E-state index in [0.717, 1.165) is 31.5 Å². The molecule has 3 atom stereocenters. The van der Waals surface area contributed by atoms with E-state index >= 15 is 0 Å². The Balaban J connectivity index is 1.53. The zero-order chi connectivity index (χ0) is 21.8. The summed E-state index contributed by atoms with van der Waals surface area (Å²) in [5, 5.41) is 7.32. The maximum absolute atomic E-state index is 13.2. The second-order valence-electron chi connectivity index (χ2n) is 9.25. The zero-order valence-corrected chi connectivity index (χ0v) is 18.4. The molecule has 1 aliphatic carbocycles. The van der Waals surface area contributed by atoms with Crippen LogP contribution in [0.15, 0.2) is 34.9 Å². The monoisotopic (exact) mass is 424 g/mol. The van der Waals surface area contributed by atoms with Crippen LogP contribution in [0.1, 0.15) is 64.2 Å². The second-order valence-corrected chi connectivity index (χ2v) is 9.25. The van der Waals surface area contributed by atoms with Crippen molar-refractivity contribution in [3.63, 3.8) is 0 Å². The van der Waals surface area contributed by atoms with E-state index in [1.807, 2.05) is 49.1 Å². The molecule has 1 N–H and O–H groups in total. The highest BCUT2D eigenvalue weighted by molar-refractivity contribution is 5.80. The van der Waals surface area contributed by atoms with Gasteiger partial charge in [-0.15, -0.1) is 0 Å². The van der Waals surface area contributed by atoms with Crippen LogP contribution >= 0.6 is 0 Å². The molecule has 1 saturated carbocycles. The minimum absolute atomic E-state index is 0.0128. The number of benzene rings is 1. The van der Waals surface area contributed by atoms with Crippen molar-refractivity contribution < 1.29 is 14.1 Å². The summed E-state index contributed by atoms with van der Waals surface area (Å²) in [6.45, 7) is 5.73. The molecule has 7 heteroatoms. The van der Waals surface area contributed by atoms with Crippen LogP contribution in [0.5, 0.6) is 0 Å². The number of carbonyl (C=O) groups is 2. The Morgan fingerprint density at radius 1 is 1.13 bits per heavy atom. The first-order valence-electron chi connectivity index (χ1n) is 11.5. The van der Waals surface area contributed by atoms with E-state index < -0.39 is 0 Å². The van der Waals surface area contributed by atoms with Gasteiger partial charge in [0.2, 0.25) is 23.5 Å². The highest BCUT2D eigenvalue weighted by atomic mass is 16.5. The average Bonchev–Trinajstić information content (AvgIpc) is 3.41. The van der Waals surface area contributed by atoms with Gasteiger partial charge in [0.05, 0.1) is 5.92 Å². The summed E-state index contributed by atoms with van der Waals surface area (Å²) < 4.78 is 5.63. The number of rotatable bonds is 6. The van der Waals surface area contributed by atoms with Crippen molar-refractivity contribution in [3.8, 4) is 11.4 Å². The van der Waals surface area contributed by atoms with Crippen molar-refractivity contribution in [2.45, 2.75) is 64.3 Å². The third-order valence-corrected chi connectivity index (χ3v) is 6.31. The summed E-state index contributed by atoms with van der Waals surface area (Å²) in [5.41, 5.74) is 0.886. The predicted octanol–water partition coefficient (Wildman–Crippen LogP) is 3.77. The number of hydrogen-bond donors (Lipinski definition) is 1. The van der Waals surface area contributed by atoms with Gasteiger partial charge in [-0.05, 0) is 38.0 Å². The molecule has 1 aliphatic heterocycles. The number of aromatic nitrogens is 2. The highest BCUT2D eigenvalue weighted by Gasteiger charge is 2.43. The molecule has 2 heterocycles. The van der Waals surface area contributed by atoms with Crippen LogP contribution in [-0.4, -0.2) is 46.0 Å². The van der Waals surface area contributed by atoms with Gasteiger partial charge in [0.25, 0.3) is 0 Å². The summed E-state index contributed by atoms with van der Waals surface area (Å²) in [5.74, 6) is 1.25. The lowest BCUT2D eigenvalue weighted by Crippen LogP contribution is -2.40. The quantitative estimate of drug-likeness (QED) is 0.762. The normalized spacial score (nSPS) is 23.8. The Hall–Kier alpha value is -2.70. The predicted molar refractivity (Wildman–Crippen MR) is 117 cm³/mol. The lowest BCUT2D eigenvalue weighted by molar-refractivity contribution is -0.136. The van der Waals surface area contributed by atoms with Gasteiger partial charge < -0.3 is 14.7 Å². The summed E-state index contributed by atoms with van der Waals surface area (Å²) in [6, 6.07) is 9.52. The molecule has 7 nitrogen and oxygen atoms in total. The first-order valence-corrected chi connectivity index (χ1v) is 11.5. The molecule has 2 aliphatic rings. The van der Waals surface area contributed by atoms with Gasteiger partial charge in [0.15, 0.2) is 0 Å². The fraction of sp³-hybridized carbons (Fsp3) is 0.583. The fourth-order valence-electron chi connectivity index (χ4n) is 4.77. The third-order valence-electron chi connectivity index (χ3n) is 6.31. The van der Waals surface area contributed by atoms with E-state index in [9.17, 15) is 9.59 Å². The van der Waals surface area contributed by atoms with E-state index in [1.54, 1.807) is 0 Å². The van der Waals surface area contributed by atoms with Gasteiger partial charge in [-0.3, -0.25) is 9.59 Å². The Bertz CT molecular complexity index is 889. The van der Waals surface area contributed by atoms with Crippen molar-refractivity contribution in [2.24, 2.45) is 11.8 Å². The molecule has 1 saturated heterocycles. The van der Waals surface area contributed by atoms with Crippen molar-refractivity contribution in [1.29, 1.82) is 0 Å². The zero-order valence-electron chi connectivity index (χ0n) is 18.4. The van der Waals surface area contributed by atoms with Gasteiger partial charge in [-0.1, -0.05) is 49.3 Å². The number of piperidine rings is 1. The Labute approximate surface area is 183 Å². The molecule has 0 unspecified atom stereocenters. The first-order chi connectivity index (χ1) is 15.0. The molecule has 2 amide bonds. The van der Waals surface area contributed by atoms with Crippen molar-refractivity contribution in [2.75, 3.05) is 13.1 Å². The lowest BCUT2D eigenvalue weighted by Gasteiger charge is -2.29. The molecule has 0 spiro atoms. The molecule has 4 rings (SSSR count). The average molecular weight is 425 g/mol. The van der Waals surface area contributed by atoms with Crippen LogP contribution in [0.25, 0.3) is 11.4 Å². The van der Waals surface area contributed by atoms with Gasteiger partial charge >= 0.3 is 0 Å². The molecular formula is C24H32N4O3. The van der Waals surface area contributed by atoms with Crippen molar-refractivity contribution in [3.05, 3.63) is 36.2 Å². The van der Waals surface area contributed by atoms with E-state index in [2.05, 4.69) is 15.5 Å². The SMILES string of the molecule is CC(C)CC(=O)N[C@@H]1C[C@@H](C(=O)N2CCCCC2)C[C@@H]1c1nc(-c2ccccc2)no1. The van der Waals surface area contributed by atoms with Gasteiger partial charge in [0, 0.05) is 37.0 Å². The molecule has 2 aromatic rings. The Morgan fingerprint density at radius 3 is 2.58 bits per heavy atom. The van der Waals surface area contributed by atoms with E-state index in [-0.39, 0.29) is 35.6 Å². The summed E-state index contributed by atoms with van der Waals surface area (Å²) in [6.07, 6.45) is 5.04. The van der Waals surface area contributed by atoms with E-state index in [0.29, 0.717) is 31.0 Å². The number of carbonyl (C=O) groups excluding carboxylic acids is 2. The maximum atomic E-state index is 13.2. The summed E-state index contributed by atoms with van der Waals surface area (Å²) in [7, 11) is 0. The van der Waals surface area contributed by atoms with Crippen LogP contribution in [0.2, 0.25) is 0 Å². The van der Waals surface area contributed by atoms with Gasteiger partial charge in [-0.25, -0.2) is 0 Å². The van der Waals surface area contributed by atoms with Crippen molar-refractivity contribution in [1.82, 2.24) is 20.4 Å². The van der Waals surface area contributed by atoms with Crippen LogP contribution < -0.4 is 5.32 Å².